The first-order chi connectivity index (χ1) is 11.3. The van der Waals surface area contributed by atoms with Gasteiger partial charge in [0, 0.05) is 18.1 Å². The summed E-state index contributed by atoms with van der Waals surface area (Å²) in [4.78, 5) is 0.414. The Morgan fingerprint density at radius 3 is 2.21 bits per heavy atom. The topological polar surface area (TPSA) is 46.2 Å². The lowest BCUT2D eigenvalue weighted by molar-refractivity contribution is 0.583. The highest BCUT2D eigenvalue weighted by molar-refractivity contribution is 7.98. The van der Waals surface area contributed by atoms with Gasteiger partial charge in [0.25, 0.3) is 0 Å². The molecule has 0 heterocycles. The van der Waals surface area contributed by atoms with Crippen molar-refractivity contribution in [2.45, 2.75) is 38.3 Å². The Labute approximate surface area is 149 Å². The molecule has 24 heavy (non-hydrogen) atoms. The highest BCUT2D eigenvalue weighted by atomic mass is 32.2. The molecule has 1 N–H and O–H groups in total. The Bertz CT molecular complexity index is 791. The molecular formula is C19H25NO2S2. The van der Waals surface area contributed by atoms with Crippen LogP contribution in [0.1, 0.15) is 27.8 Å². The van der Waals surface area contributed by atoms with E-state index in [4.69, 9.17) is 0 Å². The molecule has 0 saturated heterocycles. The van der Waals surface area contributed by atoms with Gasteiger partial charge in [-0.15, -0.1) is 0 Å². The summed E-state index contributed by atoms with van der Waals surface area (Å²) in [6.45, 7) is 8.21. The molecule has 0 fully saturated rings. The van der Waals surface area contributed by atoms with Crippen molar-refractivity contribution < 1.29 is 8.42 Å². The second-order valence-corrected chi connectivity index (χ2v) is 8.91. The number of thioether (sulfide) groups is 1. The molecule has 0 aliphatic heterocycles. The number of benzene rings is 2. The van der Waals surface area contributed by atoms with Crippen LogP contribution in [0.4, 0.5) is 0 Å². The maximum atomic E-state index is 12.6. The predicted molar refractivity (Wildman–Crippen MR) is 103 cm³/mol. The van der Waals surface area contributed by atoms with Crippen LogP contribution in [0.2, 0.25) is 0 Å². The molecule has 0 bridgehead atoms. The third-order valence-electron chi connectivity index (χ3n) is 3.93. The minimum atomic E-state index is -3.45. The minimum absolute atomic E-state index is 0.414. The largest absolute Gasteiger partial charge is 0.241 e. The molecule has 0 aromatic heterocycles. The molecule has 2 aromatic rings. The molecule has 0 unspecified atom stereocenters. The van der Waals surface area contributed by atoms with Gasteiger partial charge in [0.05, 0.1) is 4.90 Å². The van der Waals surface area contributed by atoms with Crippen LogP contribution in [0.3, 0.4) is 0 Å². The van der Waals surface area contributed by atoms with Gasteiger partial charge in [-0.2, -0.15) is 11.8 Å². The van der Waals surface area contributed by atoms with Crippen molar-refractivity contribution in [3.05, 3.63) is 64.2 Å². The van der Waals surface area contributed by atoms with E-state index in [0.717, 1.165) is 28.2 Å². The first kappa shape index (κ1) is 19.0. The fourth-order valence-corrected chi connectivity index (χ4v) is 5.41. The van der Waals surface area contributed by atoms with Gasteiger partial charge in [-0.05, 0) is 49.9 Å². The quantitative estimate of drug-likeness (QED) is 0.752. The summed E-state index contributed by atoms with van der Waals surface area (Å²) in [5, 5.41) is 0. The first-order valence-electron chi connectivity index (χ1n) is 8.01. The zero-order valence-corrected chi connectivity index (χ0v) is 16.4. The monoisotopic (exact) mass is 363 g/mol. The zero-order chi connectivity index (χ0) is 17.7. The van der Waals surface area contributed by atoms with E-state index >= 15 is 0 Å². The van der Waals surface area contributed by atoms with Crippen molar-refractivity contribution in [3.8, 4) is 0 Å². The predicted octanol–water partition coefficient (Wildman–Crippen LogP) is 4.13. The minimum Gasteiger partial charge on any atom is -0.210 e. The number of sulfonamides is 1. The first-order valence-corrected chi connectivity index (χ1v) is 10.6. The Morgan fingerprint density at radius 1 is 0.958 bits per heavy atom. The maximum absolute atomic E-state index is 12.6. The maximum Gasteiger partial charge on any atom is 0.241 e. The van der Waals surface area contributed by atoms with Crippen molar-refractivity contribution in [3.63, 3.8) is 0 Å². The summed E-state index contributed by atoms with van der Waals surface area (Å²) >= 11 is 1.74. The van der Waals surface area contributed by atoms with Crippen LogP contribution in [0.15, 0.2) is 41.3 Å². The third kappa shape index (κ3) is 4.85. The van der Waals surface area contributed by atoms with Crippen molar-refractivity contribution >= 4 is 21.8 Å². The fraction of sp³-hybridized carbons (Fsp3) is 0.368. The Kier molecular flexibility index (Phi) is 6.49. The molecule has 2 aromatic carbocycles. The molecule has 0 aliphatic carbocycles. The average molecular weight is 364 g/mol. The molecule has 0 radical (unpaired) electrons. The van der Waals surface area contributed by atoms with E-state index in [1.807, 2.05) is 45.0 Å². The molecule has 3 nitrogen and oxygen atoms in total. The molecule has 0 spiro atoms. The number of rotatable bonds is 7. The third-order valence-corrected chi connectivity index (χ3v) is 6.70. The molecule has 0 amide bonds. The van der Waals surface area contributed by atoms with Gasteiger partial charge in [0.1, 0.15) is 0 Å². The second-order valence-electron chi connectivity index (χ2n) is 6.10. The lowest BCUT2D eigenvalue weighted by Gasteiger charge is -2.13. The summed E-state index contributed by atoms with van der Waals surface area (Å²) < 4.78 is 27.8. The highest BCUT2D eigenvalue weighted by Crippen LogP contribution is 2.21. The standard InChI is InChI=1S/C19H25NO2S2/c1-14-11-16(3)19(17(4)12-14)24(21,22)20-9-10-23-13-18-8-6-5-7-15(18)2/h5-8,11-12,20H,9-10,13H2,1-4H3. The van der Waals surface area contributed by atoms with E-state index in [1.165, 1.54) is 11.1 Å². The van der Waals surface area contributed by atoms with Crippen molar-refractivity contribution in [2.75, 3.05) is 12.3 Å². The summed E-state index contributed by atoms with van der Waals surface area (Å²) in [5.41, 5.74) is 5.25. The van der Waals surface area contributed by atoms with Crippen LogP contribution in [0, 0.1) is 27.7 Å². The molecule has 2 rings (SSSR count). The van der Waals surface area contributed by atoms with Gasteiger partial charge in [0.15, 0.2) is 0 Å². The van der Waals surface area contributed by atoms with Crippen LogP contribution in [0.25, 0.3) is 0 Å². The average Bonchev–Trinajstić information content (AvgIpc) is 2.47. The van der Waals surface area contributed by atoms with Gasteiger partial charge in [-0.3, -0.25) is 0 Å². The lowest BCUT2D eigenvalue weighted by atomic mass is 10.1. The lowest BCUT2D eigenvalue weighted by Crippen LogP contribution is -2.27. The van der Waals surface area contributed by atoms with E-state index in [0.29, 0.717) is 11.4 Å². The van der Waals surface area contributed by atoms with E-state index in [2.05, 4.69) is 23.8 Å². The highest BCUT2D eigenvalue weighted by Gasteiger charge is 2.19. The molecule has 130 valence electrons. The Hall–Kier alpha value is -1.30. The van der Waals surface area contributed by atoms with Gasteiger partial charge >= 0.3 is 0 Å². The van der Waals surface area contributed by atoms with Crippen LogP contribution in [-0.4, -0.2) is 20.7 Å². The van der Waals surface area contributed by atoms with Gasteiger partial charge in [-0.1, -0.05) is 42.0 Å². The van der Waals surface area contributed by atoms with Crippen molar-refractivity contribution in [2.24, 2.45) is 0 Å². The van der Waals surface area contributed by atoms with E-state index in [9.17, 15) is 8.42 Å². The SMILES string of the molecule is Cc1cc(C)c(S(=O)(=O)NCCSCc2ccccc2C)c(C)c1. The summed E-state index contributed by atoms with van der Waals surface area (Å²) in [7, 11) is -3.45. The Morgan fingerprint density at radius 2 is 1.58 bits per heavy atom. The summed E-state index contributed by atoms with van der Waals surface area (Å²) in [5.74, 6) is 1.65. The second kappa shape index (κ2) is 8.19. The van der Waals surface area contributed by atoms with Crippen LogP contribution in [0.5, 0.6) is 0 Å². The molecule has 0 saturated carbocycles. The number of hydrogen-bond donors (Lipinski definition) is 1. The van der Waals surface area contributed by atoms with Crippen molar-refractivity contribution in [1.29, 1.82) is 0 Å². The number of hydrogen-bond acceptors (Lipinski definition) is 3. The Balaban J connectivity index is 1.91. The molecule has 0 atom stereocenters. The van der Waals surface area contributed by atoms with Crippen LogP contribution < -0.4 is 4.72 Å². The smallest absolute Gasteiger partial charge is 0.210 e. The number of nitrogens with one attached hydrogen (secondary N) is 1. The molecule has 0 aliphatic rings. The summed E-state index contributed by atoms with van der Waals surface area (Å²) in [6.07, 6.45) is 0. The number of aryl methyl sites for hydroxylation is 4. The van der Waals surface area contributed by atoms with Crippen LogP contribution in [-0.2, 0) is 15.8 Å². The van der Waals surface area contributed by atoms with E-state index in [1.54, 1.807) is 11.8 Å². The zero-order valence-electron chi connectivity index (χ0n) is 14.7. The molecular weight excluding hydrogens is 338 g/mol. The van der Waals surface area contributed by atoms with E-state index < -0.39 is 10.0 Å². The van der Waals surface area contributed by atoms with Crippen LogP contribution >= 0.6 is 11.8 Å². The van der Waals surface area contributed by atoms with Gasteiger partial charge in [-0.25, -0.2) is 13.1 Å². The van der Waals surface area contributed by atoms with Crippen molar-refractivity contribution in [1.82, 2.24) is 4.72 Å². The van der Waals surface area contributed by atoms with Gasteiger partial charge in [0.2, 0.25) is 10.0 Å². The normalized spacial score (nSPS) is 11.7. The van der Waals surface area contributed by atoms with E-state index in [-0.39, 0.29) is 0 Å². The fourth-order valence-electron chi connectivity index (χ4n) is 2.87. The summed E-state index contributed by atoms with van der Waals surface area (Å²) in [6, 6.07) is 12.1. The van der Waals surface area contributed by atoms with Gasteiger partial charge < -0.3 is 0 Å². The molecule has 5 heteroatoms.